The van der Waals surface area contributed by atoms with Crippen molar-refractivity contribution in [2.24, 2.45) is 46.3 Å². The van der Waals surface area contributed by atoms with Crippen LogP contribution in [0.3, 0.4) is 0 Å². The Morgan fingerprint density at radius 2 is 1.36 bits per heavy atom. The number of aliphatic hydroxyl groups is 1. The van der Waals surface area contributed by atoms with Gasteiger partial charge in [-0.25, -0.2) is 9.59 Å². The van der Waals surface area contributed by atoms with Crippen LogP contribution < -0.4 is 4.74 Å². The van der Waals surface area contributed by atoms with Gasteiger partial charge in [-0.15, -0.1) is 0 Å². The number of hydrogen-bond donors (Lipinski definition) is 1. The Balaban J connectivity index is 0.992. The number of fused-ring (bicyclic) bond motifs is 5. The molecule has 0 heterocycles. The number of allylic oxidation sites excluding steroid dienone is 1. The summed E-state index contributed by atoms with van der Waals surface area (Å²) in [5.41, 5.74) is 3.91. The second-order valence-electron chi connectivity index (χ2n) is 22.5. The first kappa shape index (κ1) is 51.9. The molecule has 4 fully saturated rings. The minimum absolute atomic E-state index is 0.00623. The molecule has 378 valence electrons. The molecule has 4 aromatic carbocycles. The number of esters is 3. The summed E-state index contributed by atoms with van der Waals surface area (Å²) in [6.45, 7) is 13.1. The molecular weight excluding hydrogens is 903 g/mol. The van der Waals surface area contributed by atoms with Crippen molar-refractivity contribution in [3.05, 3.63) is 149 Å². The second-order valence-corrected chi connectivity index (χ2v) is 22.5. The van der Waals surface area contributed by atoms with Crippen LogP contribution in [0.2, 0.25) is 0 Å². The first-order valence-corrected chi connectivity index (χ1v) is 25.9. The van der Waals surface area contributed by atoms with Crippen LogP contribution in [0.4, 0.5) is 0 Å². The zero-order valence-corrected chi connectivity index (χ0v) is 43.0. The zero-order valence-electron chi connectivity index (χ0n) is 43.0. The molecule has 6 unspecified atom stereocenters. The van der Waals surface area contributed by atoms with E-state index in [1.807, 2.05) is 72.8 Å². The molecule has 8 rings (SSSR count). The Kier molecular flexibility index (Phi) is 15.6. The topological polar surface area (TPSA) is 149 Å². The normalized spacial score (nSPS) is 27.1. The van der Waals surface area contributed by atoms with Crippen LogP contribution in [0, 0.1) is 57.7 Å². The lowest BCUT2D eigenvalue weighted by atomic mass is 9.43. The standard InChI is InChI=1S/C62H71NO9/c1-39(18-29-55(66)69-7)49-27-28-50-58-51(31-33-62(49,50)6)61(5)32-30-47(71-59(68)48(37-63)57(42-14-10-8-11-15-42)43-16-12-9-13-17-43)34-45(61)35-54(58)72-56(67)38-70-46-25-21-41(22-26-46)53(65)36-52(64)40-19-23-44(24-20-40)60(2,3)4/h8-17,19-26,36,39,45,47,49-51,54,58,65H,18,27-35,38H2,1-7H3/t39?,45-,47?,49?,50-,51?,54-,58+,61?,62?/m0/s1. The number of aliphatic hydroxyl groups excluding tert-OH is 1. The van der Waals surface area contributed by atoms with Crippen molar-refractivity contribution in [1.29, 1.82) is 5.26 Å². The summed E-state index contributed by atoms with van der Waals surface area (Å²) in [6.07, 6.45) is 8.41. The maximum atomic E-state index is 14.2. The number of nitrogens with zero attached hydrogens (tertiary/aromatic N) is 1. The third-order valence-corrected chi connectivity index (χ3v) is 17.5. The van der Waals surface area contributed by atoms with Crippen molar-refractivity contribution in [2.75, 3.05) is 13.7 Å². The molecule has 0 spiro atoms. The Morgan fingerprint density at radius 3 is 1.97 bits per heavy atom. The van der Waals surface area contributed by atoms with E-state index in [1.54, 1.807) is 36.4 Å². The molecule has 4 aliphatic carbocycles. The number of methoxy groups -OCH3 is 1. The lowest BCUT2D eigenvalue weighted by molar-refractivity contribution is -0.199. The van der Waals surface area contributed by atoms with Gasteiger partial charge in [-0.05, 0) is 145 Å². The molecule has 4 aromatic rings. The summed E-state index contributed by atoms with van der Waals surface area (Å²) in [7, 11) is 1.44. The van der Waals surface area contributed by atoms with Crippen LogP contribution in [0.5, 0.6) is 5.75 Å². The monoisotopic (exact) mass is 974 g/mol. The van der Waals surface area contributed by atoms with E-state index in [1.165, 1.54) is 13.2 Å². The molecule has 10 nitrogen and oxygen atoms in total. The average molecular weight is 974 g/mol. The summed E-state index contributed by atoms with van der Waals surface area (Å²) >= 11 is 0. The van der Waals surface area contributed by atoms with Crippen LogP contribution in [-0.4, -0.2) is 54.7 Å². The van der Waals surface area contributed by atoms with Crippen LogP contribution in [-0.2, 0) is 34.0 Å². The lowest BCUT2D eigenvalue weighted by Crippen LogP contribution is -2.59. The van der Waals surface area contributed by atoms with Gasteiger partial charge in [0.05, 0.1) is 7.11 Å². The van der Waals surface area contributed by atoms with E-state index in [4.69, 9.17) is 18.9 Å². The van der Waals surface area contributed by atoms with E-state index >= 15 is 0 Å². The fourth-order valence-corrected chi connectivity index (χ4v) is 13.6. The summed E-state index contributed by atoms with van der Waals surface area (Å²) in [6, 6.07) is 35.2. The first-order chi connectivity index (χ1) is 34.4. The SMILES string of the molecule is COC(=O)CCC(C)C1CC[C@H]2[C@@H]3C(CCC12C)C1(C)CCC(OC(=O)C(C#N)=C(c2ccccc2)c2ccccc2)C[C@H]1C[C@@H]3OC(=O)COc1ccc(C(O)=CC(=O)c2ccc(C(C)(C)C)cc2)cc1. The van der Waals surface area contributed by atoms with Gasteiger partial charge < -0.3 is 24.1 Å². The average Bonchev–Trinajstić information content (AvgIpc) is 3.74. The highest BCUT2D eigenvalue weighted by Gasteiger charge is 2.64. The fourth-order valence-electron chi connectivity index (χ4n) is 13.6. The summed E-state index contributed by atoms with van der Waals surface area (Å²) in [4.78, 5) is 53.5. The third-order valence-electron chi connectivity index (χ3n) is 17.5. The number of hydrogen-bond acceptors (Lipinski definition) is 10. The summed E-state index contributed by atoms with van der Waals surface area (Å²) < 4.78 is 24.0. The molecule has 4 aliphatic rings. The predicted octanol–water partition coefficient (Wildman–Crippen LogP) is 12.9. The number of carbonyl (C=O) groups excluding carboxylic acids is 4. The van der Waals surface area contributed by atoms with Crippen molar-refractivity contribution in [1.82, 2.24) is 0 Å². The highest BCUT2D eigenvalue weighted by molar-refractivity contribution is 6.08. The minimum atomic E-state index is -0.635. The molecule has 0 aromatic heterocycles. The van der Waals surface area contributed by atoms with Gasteiger partial charge in [-0.2, -0.15) is 5.26 Å². The smallest absolute Gasteiger partial charge is 0.349 e. The summed E-state index contributed by atoms with van der Waals surface area (Å²) in [5, 5.41) is 21.4. The Bertz CT molecular complexity index is 2650. The molecule has 4 saturated carbocycles. The molecule has 0 amide bonds. The maximum absolute atomic E-state index is 14.2. The first-order valence-electron chi connectivity index (χ1n) is 25.9. The highest BCUT2D eigenvalue weighted by Crippen LogP contribution is 2.69. The maximum Gasteiger partial charge on any atom is 0.349 e. The number of nitriles is 1. The molecule has 0 aliphatic heterocycles. The van der Waals surface area contributed by atoms with Crippen molar-refractivity contribution in [3.8, 4) is 11.8 Å². The molecular formula is C62H71NO9. The van der Waals surface area contributed by atoms with Crippen molar-refractivity contribution >= 4 is 35.0 Å². The van der Waals surface area contributed by atoms with E-state index in [9.17, 15) is 29.5 Å². The van der Waals surface area contributed by atoms with Gasteiger partial charge in [-0.1, -0.05) is 126 Å². The van der Waals surface area contributed by atoms with Gasteiger partial charge in [0.1, 0.15) is 35.4 Å². The largest absolute Gasteiger partial charge is 0.507 e. The van der Waals surface area contributed by atoms with E-state index in [0.29, 0.717) is 65.9 Å². The molecule has 10 atom stereocenters. The summed E-state index contributed by atoms with van der Waals surface area (Å²) in [5.74, 6) is 0.171. The second kappa shape index (κ2) is 21.7. The van der Waals surface area contributed by atoms with Gasteiger partial charge in [0, 0.05) is 35.1 Å². The molecule has 10 heteroatoms. The number of carbonyl (C=O) groups is 4. The minimum Gasteiger partial charge on any atom is -0.507 e. The van der Waals surface area contributed by atoms with E-state index < -0.39 is 24.1 Å². The van der Waals surface area contributed by atoms with Crippen LogP contribution in [0.15, 0.2) is 121 Å². The zero-order chi connectivity index (χ0) is 51.4. The molecule has 0 bridgehead atoms. The van der Waals surface area contributed by atoms with Crippen molar-refractivity contribution < 1.29 is 43.2 Å². The van der Waals surface area contributed by atoms with Crippen molar-refractivity contribution in [3.63, 3.8) is 0 Å². The van der Waals surface area contributed by atoms with Gasteiger partial charge >= 0.3 is 17.9 Å². The quantitative estimate of drug-likeness (QED) is 0.0305. The van der Waals surface area contributed by atoms with Gasteiger partial charge in [0.2, 0.25) is 0 Å². The number of benzene rings is 4. The van der Waals surface area contributed by atoms with Crippen LogP contribution >= 0.6 is 0 Å². The number of ether oxygens (including phenoxy) is 4. The fraction of sp³-hybridized carbons (Fsp3) is 0.468. The van der Waals surface area contributed by atoms with Gasteiger partial charge in [0.25, 0.3) is 0 Å². The molecule has 72 heavy (non-hydrogen) atoms. The lowest BCUT2D eigenvalue weighted by Gasteiger charge is -2.62. The molecule has 0 saturated heterocycles. The Labute approximate surface area is 425 Å². The molecule has 0 radical (unpaired) electrons. The highest BCUT2D eigenvalue weighted by atomic mass is 16.6. The Hall–Kier alpha value is -6.47. The van der Waals surface area contributed by atoms with E-state index in [2.05, 4.69) is 47.6 Å². The van der Waals surface area contributed by atoms with E-state index in [-0.39, 0.29) is 63.7 Å². The molecule has 1 N–H and O–H groups in total. The van der Waals surface area contributed by atoms with Crippen LogP contribution in [0.25, 0.3) is 11.3 Å². The van der Waals surface area contributed by atoms with Gasteiger partial charge in [-0.3, -0.25) is 9.59 Å². The van der Waals surface area contributed by atoms with Crippen molar-refractivity contribution in [2.45, 2.75) is 123 Å². The van der Waals surface area contributed by atoms with E-state index in [0.717, 1.165) is 55.2 Å². The third kappa shape index (κ3) is 11.0. The predicted molar refractivity (Wildman–Crippen MR) is 277 cm³/mol. The van der Waals surface area contributed by atoms with Gasteiger partial charge in [0.15, 0.2) is 12.4 Å². The van der Waals surface area contributed by atoms with Crippen LogP contribution in [0.1, 0.15) is 138 Å². The Morgan fingerprint density at radius 1 is 0.750 bits per heavy atom. The number of ketones is 1. The number of rotatable bonds is 15.